The molecule has 6 aromatic carbocycles. The maximum Gasteiger partial charge on any atom is 0.417 e. The Hall–Kier alpha value is -10.2. The summed E-state index contributed by atoms with van der Waals surface area (Å²) in [4.78, 5) is 83.4. The third-order valence-electron chi connectivity index (χ3n) is 11.6. The molecule has 6 aromatic rings. The highest BCUT2D eigenvalue weighted by atomic mass is 35.5. The number of nitrogens with zero attached hydrogens (tertiary/aromatic N) is 3. The van der Waals surface area contributed by atoms with Gasteiger partial charge in [0.25, 0.3) is 17.7 Å². The molecule has 0 unspecified atom stereocenters. The highest BCUT2D eigenvalue weighted by Crippen LogP contribution is 2.45. The Kier molecular flexibility index (Phi) is 21.4. The number of alkyl halides is 9. The first-order chi connectivity index (χ1) is 42.7. The molecule has 0 spiro atoms. The summed E-state index contributed by atoms with van der Waals surface area (Å²) in [5.74, 6) is -10.4. The van der Waals surface area contributed by atoms with E-state index in [1.807, 2.05) is 0 Å². The third kappa shape index (κ3) is 18.2. The van der Waals surface area contributed by atoms with Gasteiger partial charge in [-0.1, -0.05) is 34.8 Å². The van der Waals surface area contributed by atoms with Crippen LogP contribution in [-0.2, 0) is 32.9 Å². The molecular weight excluding hydrogens is 1310 g/mol. The number of benzene rings is 6. The summed E-state index contributed by atoms with van der Waals surface area (Å²) in [5, 5.41) is 24.3. The summed E-state index contributed by atoms with van der Waals surface area (Å²) >= 11 is 17.2. The summed E-state index contributed by atoms with van der Waals surface area (Å²) in [7, 11) is 1.21. The van der Waals surface area contributed by atoms with Crippen molar-refractivity contribution in [2.24, 2.45) is 15.0 Å². The van der Waals surface area contributed by atoms with E-state index in [9.17, 15) is 91.7 Å². The second-order valence-electron chi connectivity index (χ2n) is 18.3. The molecule has 0 bridgehead atoms. The van der Waals surface area contributed by atoms with Crippen molar-refractivity contribution in [1.82, 2.24) is 16.0 Å². The number of halogens is 15. The molecule has 3 amide bonds. The van der Waals surface area contributed by atoms with Crippen molar-refractivity contribution >= 4 is 88.5 Å². The van der Waals surface area contributed by atoms with Crippen LogP contribution in [0.25, 0.3) is 0 Å². The van der Waals surface area contributed by atoms with E-state index < -0.39 is 137 Å². The molecule has 3 heterocycles. The highest BCUT2D eigenvalue weighted by Gasteiger charge is 2.38. The molecule has 3 aliphatic rings. The van der Waals surface area contributed by atoms with Gasteiger partial charge in [-0.25, -0.2) is 13.2 Å². The smallest absolute Gasteiger partial charge is 0.417 e. The van der Waals surface area contributed by atoms with Crippen molar-refractivity contribution in [3.63, 3.8) is 0 Å². The molecule has 0 saturated carbocycles. The standard InChI is InChI=1S/C20H13ClF4N2O4.2C19H11ClF4N2O4/c1-30-18-4-10(22)2-3-16(18)31-17-7-14(20(23,24)25)15(21)6-13(17)19(29)27-11-5-12(28)9-26-8-11;2*20-14-5-12(18(29)26-10-4-11(27)8-25-7-10)17(6-13(14)19(22,23)24)30-16-2-1-9(21)3-15(16)28/h2-8H,9H2,1H3,(H,27,29);2*1-7,28H,8H2,(H,26,29). The number of hydrogen-bond donors (Lipinski definition) is 5. The van der Waals surface area contributed by atoms with Crippen LogP contribution < -0.4 is 34.9 Å². The number of dihydropyridines is 3. The molecule has 0 atom stereocenters. The zero-order valence-electron chi connectivity index (χ0n) is 45.2. The molecule has 0 radical (unpaired) electrons. The summed E-state index contributed by atoms with van der Waals surface area (Å²) in [6.07, 6.45) is -7.59. The van der Waals surface area contributed by atoms with Crippen molar-refractivity contribution in [3.05, 3.63) is 192 Å². The Balaban J connectivity index is 0.000000194. The van der Waals surface area contributed by atoms with Crippen LogP contribution in [0.5, 0.6) is 51.7 Å². The maximum absolute atomic E-state index is 13.4. The number of rotatable bonds is 13. The molecule has 474 valence electrons. The quantitative estimate of drug-likeness (QED) is 0.0677. The first-order valence-electron chi connectivity index (χ1n) is 24.9. The van der Waals surface area contributed by atoms with Gasteiger partial charge in [0, 0.05) is 55.1 Å². The number of carbonyl (C=O) groups excluding carboxylic acids is 6. The van der Waals surface area contributed by atoms with E-state index in [2.05, 4.69) is 30.9 Å². The zero-order chi connectivity index (χ0) is 66.9. The van der Waals surface area contributed by atoms with E-state index in [0.29, 0.717) is 30.3 Å². The average molecular weight is 1340 g/mol. The molecule has 9 rings (SSSR count). The van der Waals surface area contributed by atoms with Gasteiger partial charge < -0.3 is 45.1 Å². The Labute approximate surface area is 517 Å². The maximum atomic E-state index is 13.4. The number of hydrogen-bond acceptors (Lipinski definition) is 15. The van der Waals surface area contributed by atoms with Crippen LogP contribution in [0.4, 0.5) is 52.7 Å². The summed E-state index contributed by atoms with van der Waals surface area (Å²) < 4.78 is 180. The molecular formula is C58H35Cl3F12N6O12. The molecule has 3 aliphatic heterocycles. The first kappa shape index (κ1) is 68.3. The number of ketones is 3. The summed E-state index contributed by atoms with van der Waals surface area (Å²) in [6.45, 7) is -0.266. The Morgan fingerprint density at radius 3 is 0.989 bits per heavy atom. The van der Waals surface area contributed by atoms with Crippen LogP contribution in [0.2, 0.25) is 15.1 Å². The van der Waals surface area contributed by atoms with E-state index in [-0.39, 0.29) is 71.1 Å². The summed E-state index contributed by atoms with van der Waals surface area (Å²) in [6, 6.07) is 12.0. The first-order valence-corrected chi connectivity index (χ1v) is 26.0. The number of methoxy groups -OCH3 is 1. The minimum atomic E-state index is -4.86. The van der Waals surface area contributed by atoms with Gasteiger partial charge in [0.2, 0.25) is 0 Å². The minimum absolute atomic E-state index is 0.0165. The van der Waals surface area contributed by atoms with Gasteiger partial charge in [-0.3, -0.25) is 43.7 Å². The molecule has 5 N–H and O–H groups in total. The van der Waals surface area contributed by atoms with Crippen molar-refractivity contribution in [3.8, 4) is 51.7 Å². The van der Waals surface area contributed by atoms with Gasteiger partial charge in [0.1, 0.15) is 54.3 Å². The molecule has 0 aromatic heterocycles. The number of carbonyl (C=O) groups is 6. The van der Waals surface area contributed by atoms with Crippen LogP contribution in [0.3, 0.4) is 0 Å². The molecule has 0 aliphatic carbocycles. The number of allylic oxidation sites excluding steroid dienone is 3. The largest absolute Gasteiger partial charge is 0.504 e. The van der Waals surface area contributed by atoms with Crippen molar-refractivity contribution in [2.75, 3.05) is 26.7 Å². The SMILES string of the molecule is COc1cc(F)ccc1Oc1cc(C(F)(F)F)c(Cl)cc1C(=O)NC1=CC(=O)CN=C1.O=C1C=C(NC(=O)c2cc(Cl)c(C(F)(F)F)cc2Oc2ccc(F)cc2O)C=NC1.O=C1C=C(NC(=O)c2cc(Cl)c(C(F)(F)F)cc2Oc2ccc(F)cc2O)C=NC1. The fourth-order valence-corrected chi connectivity index (χ4v) is 8.42. The molecule has 33 heteroatoms. The monoisotopic (exact) mass is 1340 g/mol. The topological polar surface area (TPSA) is 253 Å². The fraction of sp³-hybridized carbons (Fsp3) is 0.121. The number of aliphatic imine (C=N–C) groups is 3. The van der Waals surface area contributed by atoms with Crippen LogP contribution in [0, 0.1) is 17.5 Å². The van der Waals surface area contributed by atoms with Crippen LogP contribution in [0.15, 0.2) is 141 Å². The van der Waals surface area contributed by atoms with Crippen molar-refractivity contribution in [2.45, 2.75) is 18.5 Å². The van der Waals surface area contributed by atoms with Crippen LogP contribution >= 0.6 is 34.8 Å². The van der Waals surface area contributed by atoms with E-state index in [0.717, 1.165) is 78.9 Å². The van der Waals surface area contributed by atoms with Crippen LogP contribution in [-0.4, -0.2) is 90.7 Å². The van der Waals surface area contributed by atoms with Gasteiger partial charge in [-0.2, -0.15) is 39.5 Å². The lowest BCUT2D eigenvalue weighted by molar-refractivity contribution is -0.138. The highest BCUT2D eigenvalue weighted by molar-refractivity contribution is 6.33. The van der Waals surface area contributed by atoms with Crippen molar-refractivity contribution < 1.29 is 111 Å². The molecule has 0 fully saturated rings. The zero-order valence-corrected chi connectivity index (χ0v) is 47.5. The number of phenols is 2. The third-order valence-corrected chi connectivity index (χ3v) is 12.6. The van der Waals surface area contributed by atoms with E-state index in [1.165, 1.54) is 25.8 Å². The summed E-state index contributed by atoms with van der Waals surface area (Å²) in [5.41, 5.74) is -4.95. The predicted octanol–water partition coefficient (Wildman–Crippen LogP) is 13.1. The molecule has 91 heavy (non-hydrogen) atoms. The van der Waals surface area contributed by atoms with Gasteiger partial charge in [0.15, 0.2) is 51.8 Å². The number of ether oxygens (including phenoxy) is 4. The number of nitrogens with one attached hydrogen (secondary N) is 3. The fourth-order valence-electron chi connectivity index (χ4n) is 7.60. The second kappa shape index (κ2) is 28.5. The van der Waals surface area contributed by atoms with Crippen molar-refractivity contribution in [1.29, 1.82) is 0 Å². The van der Waals surface area contributed by atoms with E-state index in [4.69, 9.17) is 53.8 Å². The van der Waals surface area contributed by atoms with Gasteiger partial charge in [-0.15, -0.1) is 0 Å². The van der Waals surface area contributed by atoms with Gasteiger partial charge in [-0.05, 0) is 72.8 Å². The Morgan fingerprint density at radius 1 is 0.429 bits per heavy atom. The van der Waals surface area contributed by atoms with E-state index >= 15 is 0 Å². The van der Waals surface area contributed by atoms with Gasteiger partial charge >= 0.3 is 18.5 Å². The number of aromatic hydroxyl groups is 2. The normalized spacial score (nSPS) is 13.7. The lowest BCUT2D eigenvalue weighted by Gasteiger charge is -2.17. The minimum Gasteiger partial charge on any atom is -0.504 e. The number of phenolic OH excluding ortho intramolecular Hbond substituents is 2. The molecule has 18 nitrogen and oxygen atoms in total. The second-order valence-corrected chi connectivity index (χ2v) is 19.5. The lowest BCUT2D eigenvalue weighted by atomic mass is 10.1. The Bertz CT molecular complexity index is 3960. The van der Waals surface area contributed by atoms with Crippen LogP contribution in [0.1, 0.15) is 47.8 Å². The Morgan fingerprint density at radius 2 is 0.714 bits per heavy atom. The average Bonchev–Trinajstić information content (AvgIpc) is 0.842. The van der Waals surface area contributed by atoms with E-state index in [1.54, 1.807) is 0 Å². The molecule has 0 saturated heterocycles. The lowest BCUT2D eigenvalue weighted by Crippen LogP contribution is -2.27. The predicted molar refractivity (Wildman–Crippen MR) is 300 cm³/mol. The number of amides is 3. The van der Waals surface area contributed by atoms with Gasteiger partial charge in [0.05, 0.1) is 72.6 Å².